The molecular formula is C9H15N3O4. The quantitative estimate of drug-likeness (QED) is 0.401. The Morgan fingerprint density at radius 2 is 2.06 bits per heavy atom. The minimum Gasteiger partial charge on any atom is -0.363 e. The molecule has 0 bridgehead atoms. The van der Waals surface area contributed by atoms with Gasteiger partial charge in [0, 0.05) is 0 Å². The van der Waals surface area contributed by atoms with Gasteiger partial charge in [0.2, 0.25) is 5.91 Å². The van der Waals surface area contributed by atoms with Gasteiger partial charge in [-0.05, 0) is 7.05 Å². The number of carbonyl (C=O) groups is 2. The minimum absolute atomic E-state index is 0.109. The summed E-state index contributed by atoms with van der Waals surface area (Å²) in [7, 11) is 1.75. The Bertz CT molecular complexity index is 288. The molecule has 2 unspecified atom stereocenters. The summed E-state index contributed by atoms with van der Waals surface area (Å²) in [5, 5.41) is 5.34. The van der Waals surface area contributed by atoms with E-state index in [0.29, 0.717) is 19.9 Å². The Kier molecular flexibility index (Phi) is 3.37. The lowest BCUT2D eigenvalue weighted by molar-refractivity contribution is -0.125. The number of carbonyl (C=O) groups excluding carboxylic acids is 2. The molecule has 2 aliphatic heterocycles. The normalized spacial score (nSPS) is 26.4. The maximum absolute atomic E-state index is 11.3. The molecule has 0 radical (unpaired) electrons. The fourth-order valence-electron chi connectivity index (χ4n) is 1.18. The Morgan fingerprint density at radius 3 is 2.62 bits per heavy atom. The van der Waals surface area contributed by atoms with E-state index in [2.05, 4.69) is 10.6 Å². The highest BCUT2D eigenvalue weighted by atomic mass is 16.6. The van der Waals surface area contributed by atoms with E-state index in [1.807, 2.05) is 0 Å². The van der Waals surface area contributed by atoms with E-state index in [1.165, 1.54) is 0 Å². The summed E-state index contributed by atoms with van der Waals surface area (Å²) in [5.41, 5.74) is 0. The van der Waals surface area contributed by atoms with E-state index in [4.69, 9.17) is 9.47 Å². The Hall–Kier alpha value is -1.18. The maximum Gasteiger partial charge on any atom is 0.252 e. The summed E-state index contributed by atoms with van der Waals surface area (Å²) in [6.07, 6.45) is -0.405. The number of nitrogens with one attached hydrogen (secondary N) is 2. The molecule has 0 spiro atoms. The van der Waals surface area contributed by atoms with Gasteiger partial charge in [-0.3, -0.25) is 14.5 Å². The zero-order chi connectivity index (χ0) is 11.5. The average Bonchev–Trinajstić information content (AvgIpc) is 3.04. The van der Waals surface area contributed by atoms with E-state index in [1.54, 1.807) is 11.9 Å². The lowest BCUT2D eigenvalue weighted by atomic mass is 10.4. The van der Waals surface area contributed by atoms with Crippen molar-refractivity contribution in [1.82, 2.24) is 15.5 Å². The van der Waals surface area contributed by atoms with E-state index >= 15 is 0 Å². The molecule has 7 nitrogen and oxygen atoms in total. The van der Waals surface area contributed by atoms with Gasteiger partial charge in [0.15, 0.2) is 12.3 Å². The standard InChI is InChI=1S/C9H15N3O4/c1-12(2-7(13)11-8-4-16-8)5-10-9(14)6-3-15-6/h6,8H,2-5H2,1H3,(H,10,14)(H,11,13). The smallest absolute Gasteiger partial charge is 0.252 e. The summed E-state index contributed by atoms with van der Waals surface area (Å²) in [4.78, 5) is 24.2. The number of rotatable bonds is 6. The van der Waals surface area contributed by atoms with Gasteiger partial charge in [-0.25, -0.2) is 0 Å². The number of amides is 2. The Morgan fingerprint density at radius 1 is 1.38 bits per heavy atom. The number of epoxide rings is 2. The third kappa shape index (κ3) is 3.76. The highest BCUT2D eigenvalue weighted by Crippen LogP contribution is 2.07. The molecule has 16 heavy (non-hydrogen) atoms. The van der Waals surface area contributed by atoms with Crippen LogP contribution >= 0.6 is 0 Å². The van der Waals surface area contributed by atoms with Gasteiger partial charge < -0.3 is 20.1 Å². The van der Waals surface area contributed by atoms with Crippen molar-refractivity contribution in [2.24, 2.45) is 0 Å². The van der Waals surface area contributed by atoms with Crippen molar-refractivity contribution in [3.05, 3.63) is 0 Å². The predicted octanol–water partition coefficient (Wildman–Crippen LogP) is -2.14. The molecular weight excluding hydrogens is 214 g/mol. The molecule has 90 valence electrons. The first-order chi connectivity index (χ1) is 7.65. The van der Waals surface area contributed by atoms with E-state index in [9.17, 15) is 9.59 Å². The summed E-state index contributed by atoms with van der Waals surface area (Å²) >= 11 is 0. The van der Waals surface area contributed by atoms with Crippen molar-refractivity contribution in [2.75, 3.05) is 33.5 Å². The molecule has 7 heteroatoms. The highest BCUT2D eigenvalue weighted by Gasteiger charge is 2.31. The van der Waals surface area contributed by atoms with Crippen LogP contribution in [0.4, 0.5) is 0 Å². The molecule has 2 amide bonds. The van der Waals surface area contributed by atoms with Crippen molar-refractivity contribution in [3.8, 4) is 0 Å². The third-order valence-corrected chi connectivity index (χ3v) is 2.22. The molecule has 2 atom stereocenters. The molecule has 2 heterocycles. The van der Waals surface area contributed by atoms with Gasteiger partial charge in [-0.15, -0.1) is 0 Å². The number of ether oxygens (including phenoxy) is 2. The Labute approximate surface area is 93.1 Å². The van der Waals surface area contributed by atoms with Crippen molar-refractivity contribution in [2.45, 2.75) is 12.3 Å². The fraction of sp³-hybridized carbons (Fsp3) is 0.778. The molecule has 2 rings (SSSR count). The van der Waals surface area contributed by atoms with Gasteiger partial charge in [-0.1, -0.05) is 0 Å². The zero-order valence-electron chi connectivity index (χ0n) is 9.06. The van der Waals surface area contributed by atoms with E-state index < -0.39 is 0 Å². The summed E-state index contributed by atoms with van der Waals surface area (Å²) in [6.45, 7) is 1.64. The number of hydrogen-bond acceptors (Lipinski definition) is 5. The molecule has 2 saturated heterocycles. The van der Waals surface area contributed by atoms with E-state index in [0.717, 1.165) is 0 Å². The monoisotopic (exact) mass is 229 g/mol. The largest absolute Gasteiger partial charge is 0.363 e. The molecule has 0 saturated carbocycles. The zero-order valence-corrected chi connectivity index (χ0v) is 9.06. The van der Waals surface area contributed by atoms with Crippen LogP contribution in [-0.2, 0) is 19.1 Å². The highest BCUT2D eigenvalue weighted by molar-refractivity contribution is 5.82. The van der Waals surface area contributed by atoms with Crippen molar-refractivity contribution in [3.63, 3.8) is 0 Å². The lowest BCUT2D eigenvalue weighted by Gasteiger charge is -2.16. The van der Waals surface area contributed by atoms with Gasteiger partial charge in [-0.2, -0.15) is 0 Å². The molecule has 2 aliphatic rings. The van der Waals surface area contributed by atoms with Crippen molar-refractivity contribution >= 4 is 11.8 Å². The number of likely N-dealkylation sites (N-methyl/N-ethyl adjacent to an activating group) is 1. The SMILES string of the molecule is CN(CNC(=O)C1CO1)CC(=O)NC1CO1. The third-order valence-electron chi connectivity index (χ3n) is 2.22. The first-order valence-electron chi connectivity index (χ1n) is 5.14. The first-order valence-corrected chi connectivity index (χ1v) is 5.14. The molecule has 0 aromatic heterocycles. The molecule has 2 N–H and O–H groups in total. The van der Waals surface area contributed by atoms with E-state index in [-0.39, 0.29) is 30.7 Å². The van der Waals surface area contributed by atoms with Crippen LogP contribution in [-0.4, -0.2) is 62.5 Å². The van der Waals surface area contributed by atoms with Crippen LogP contribution in [0.25, 0.3) is 0 Å². The molecule has 0 aromatic rings. The van der Waals surface area contributed by atoms with Crippen molar-refractivity contribution in [1.29, 1.82) is 0 Å². The number of hydrogen-bond donors (Lipinski definition) is 2. The fourth-order valence-corrected chi connectivity index (χ4v) is 1.18. The van der Waals surface area contributed by atoms with Gasteiger partial charge in [0.25, 0.3) is 5.91 Å². The van der Waals surface area contributed by atoms with Crippen LogP contribution in [0.2, 0.25) is 0 Å². The van der Waals surface area contributed by atoms with Gasteiger partial charge in [0.05, 0.1) is 26.4 Å². The maximum atomic E-state index is 11.3. The topological polar surface area (TPSA) is 86.5 Å². The van der Waals surface area contributed by atoms with Crippen LogP contribution < -0.4 is 10.6 Å². The molecule has 0 aromatic carbocycles. The van der Waals surface area contributed by atoms with Crippen LogP contribution in [0.1, 0.15) is 0 Å². The average molecular weight is 229 g/mol. The van der Waals surface area contributed by atoms with Gasteiger partial charge in [0.1, 0.15) is 0 Å². The minimum atomic E-state index is -0.290. The second-order valence-electron chi connectivity index (χ2n) is 3.92. The second-order valence-corrected chi connectivity index (χ2v) is 3.92. The summed E-state index contributed by atoms with van der Waals surface area (Å²) in [5.74, 6) is -0.236. The predicted molar refractivity (Wildman–Crippen MR) is 53.3 cm³/mol. The van der Waals surface area contributed by atoms with Gasteiger partial charge >= 0.3 is 0 Å². The second kappa shape index (κ2) is 4.77. The van der Waals surface area contributed by atoms with Crippen LogP contribution in [0.3, 0.4) is 0 Å². The van der Waals surface area contributed by atoms with Crippen molar-refractivity contribution < 1.29 is 19.1 Å². The van der Waals surface area contributed by atoms with Crippen LogP contribution in [0, 0.1) is 0 Å². The summed E-state index contributed by atoms with van der Waals surface area (Å²) in [6, 6.07) is 0. The van der Waals surface area contributed by atoms with Crippen LogP contribution in [0.5, 0.6) is 0 Å². The Balaban J connectivity index is 1.57. The number of nitrogens with zero attached hydrogens (tertiary/aromatic N) is 1. The van der Waals surface area contributed by atoms with Crippen LogP contribution in [0.15, 0.2) is 0 Å². The molecule has 0 aliphatic carbocycles. The summed E-state index contributed by atoms with van der Waals surface area (Å²) < 4.78 is 9.68. The molecule has 2 fully saturated rings. The lowest BCUT2D eigenvalue weighted by Crippen LogP contribution is -2.43. The first kappa shape index (κ1) is 11.3.